The van der Waals surface area contributed by atoms with Gasteiger partial charge in [0.15, 0.2) is 5.76 Å². The number of methoxy groups -OCH3 is 1. The number of rotatable bonds is 4. The highest BCUT2D eigenvalue weighted by Gasteiger charge is 2.32. The third-order valence-corrected chi connectivity index (χ3v) is 1.64. The molecule has 0 radical (unpaired) electrons. The van der Waals surface area contributed by atoms with Crippen LogP contribution in [0.5, 0.6) is 0 Å². The van der Waals surface area contributed by atoms with Gasteiger partial charge >= 0.3 is 11.7 Å². The maximum absolute atomic E-state index is 11.3. The average molecular weight is 223 g/mol. The molecule has 7 nitrogen and oxygen atoms in total. The second kappa shape index (κ2) is 5.47. The fraction of sp³-hybridized carbons (Fsp3) is 0.222. The minimum atomic E-state index is -0.852. The van der Waals surface area contributed by atoms with E-state index in [4.69, 9.17) is 9.95 Å². The summed E-state index contributed by atoms with van der Waals surface area (Å²) in [6.07, 6.45) is 1.38. The Labute approximate surface area is 90.9 Å². The summed E-state index contributed by atoms with van der Waals surface area (Å²) in [6, 6.07) is 3.12. The molecule has 0 aliphatic rings. The second-order valence-corrected chi connectivity index (χ2v) is 2.54. The summed E-state index contributed by atoms with van der Waals surface area (Å²) in [5.41, 5.74) is 8.28. The van der Waals surface area contributed by atoms with Crippen molar-refractivity contribution in [2.45, 2.75) is 0 Å². The van der Waals surface area contributed by atoms with Crippen molar-refractivity contribution in [1.29, 1.82) is 0 Å². The second-order valence-electron chi connectivity index (χ2n) is 2.54. The van der Waals surface area contributed by atoms with E-state index in [-0.39, 0.29) is 11.5 Å². The predicted octanol–water partition coefficient (Wildman–Crippen LogP) is 0.474. The van der Waals surface area contributed by atoms with Gasteiger partial charge in [-0.3, -0.25) is 0 Å². The lowest BCUT2D eigenvalue weighted by Crippen LogP contribution is -2.27. The van der Waals surface area contributed by atoms with E-state index in [1.165, 1.54) is 19.4 Å². The maximum Gasteiger partial charge on any atom is 0.431 e. The first-order valence-electron chi connectivity index (χ1n) is 4.20. The normalized spacial score (nSPS) is 10.5. The van der Waals surface area contributed by atoms with E-state index < -0.39 is 11.7 Å². The molecule has 0 atom stereocenters. The van der Waals surface area contributed by atoms with Crippen LogP contribution in [-0.2, 0) is 14.4 Å². The number of carbonyl (C=O) groups excluding carboxylic acids is 1. The molecule has 0 amide bonds. The molecule has 0 aliphatic carbocycles. The molecule has 1 aromatic rings. The van der Waals surface area contributed by atoms with Crippen molar-refractivity contribution >= 4 is 17.4 Å². The van der Waals surface area contributed by atoms with Gasteiger partial charge in [-0.2, -0.15) is 4.79 Å². The zero-order valence-electron chi connectivity index (χ0n) is 8.71. The number of hydrogen-bond acceptors (Lipinski definition) is 5. The molecule has 1 rings (SSSR count). The van der Waals surface area contributed by atoms with Crippen molar-refractivity contribution in [2.24, 2.45) is 5.16 Å². The fourth-order valence-electron chi connectivity index (χ4n) is 0.991. The molecule has 0 unspecified atom stereocenters. The van der Waals surface area contributed by atoms with Crippen LogP contribution in [0, 0.1) is 0 Å². The highest BCUT2D eigenvalue weighted by atomic mass is 16.6. The SMILES string of the molecule is CO/N=C(/C(=[N+]=[N-])C(=O)OC)c1ccco1. The lowest BCUT2D eigenvalue weighted by atomic mass is 10.2. The first-order valence-corrected chi connectivity index (χ1v) is 4.20. The molecule has 0 saturated heterocycles. The van der Waals surface area contributed by atoms with Crippen molar-refractivity contribution in [1.82, 2.24) is 0 Å². The van der Waals surface area contributed by atoms with Gasteiger partial charge in [0.1, 0.15) is 7.11 Å². The first-order chi connectivity index (χ1) is 7.74. The van der Waals surface area contributed by atoms with Crippen LogP contribution in [0.4, 0.5) is 0 Å². The molecule has 1 aromatic heterocycles. The summed E-state index contributed by atoms with van der Waals surface area (Å²) < 4.78 is 9.44. The summed E-state index contributed by atoms with van der Waals surface area (Å²) in [4.78, 5) is 18.6. The monoisotopic (exact) mass is 223 g/mol. The van der Waals surface area contributed by atoms with Crippen molar-refractivity contribution < 1.29 is 23.6 Å². The molecule has 16 heavy (non-hydrogen) atoms. The quantitative estimate of drug-likeness (QED) is 0.243. The van der Waals surface area contributed by atoms with Gasteiger partial charge in [0, 0.05) is 0 Å². The molecule has 0 aliphatic heterocycles. The molecule has 1 heterocycles. The largest absolute Gasteiger partial charge is 0.462 e. The van der Waals surface area contributed by atoms with Gasteiger partial charge in [0.05, 0.1) is 13.4 Å². The number of carbonyl (C=O) groups is 1. The Bertz CT molecular complexity index is 443. The Morgan fingerprint density at radius 1 is 1.56 bits per heavy atom. The highest BCUT2D eigenvalue weighted by molar-refractivity contribution is 6.66. The van der Waals surface area contributed by atoms with Crippen LogP contribution in [0.3, 0.4) is 0 Å². The molecule has 0 N–H and O–H groups in total. The number of furan rings is 1. The van der Waals surface area contributed by atoms with Gasteiger partial charge in [-0.1, -0.05) is 5.16 Å². The molecular formula is C9H9N3O4. The number of hydrogen-bond donors (Lipinski definition) is 0. The summed E-state index contributed by atoms with van der Waals surface area (Å²) in [5, 5.41) is 3.54. The Kier molecular flexibility index (Phi) is 3.99. The van der Waals surface area contributed by atoms with Crippen molar-refractivity contribution in [3.8, 4) is 0 Å². The number of esters is 1. The van der Waals surface area contributed by atoms with Gasteiger partial charge in [0.2, 0.25) is 5.71 Å². The van der Waals surface area contributed by atoms with E-state index >= 15 is 0 Å². The molecule has 84 valence electrons. The van der Waals surface area contributed by atoms with Gasteiger partial charge < -0.3 is 19.5 Å². The van der Waals surface area contributed by atoms with Crippen LogP contribution < -0.4 is 0 Å². The van der Waals surface area contributed by atoms with E-state index in [1.807, 2.05) is 0 Å². The fourth-order valence-corrected chi connectivity index (χ4v) is 0.991. The first kappa shape index (κ1) is 11.7. The van der Waals surface area contributed by atoms with Gasteiger partial charge in [-0.05, 0) is 12.1 Å². The van der Waals surface area contributed by atoms with Crippen molar-refractivity contribution in [2.75, 3.05) is 14.2 Å². The minimum absolute atomic E-state index is 0.0538. The summed E-state index contributed by atoms with van der Waals surface area (Å²) in [5.74, 6) is -0.630. The summed E-state index contributed by atoms with van der Waals surface area (Å²) in [6.45, 7) is 0. The van der Waals surface area contributed by atoms with Gasteiger partial charge in [-0.25, -0.2) is 4.79 Å². The molecule has 0 aromatic carbocycles. The van der Waals surface area contributed by atoms with E-state index in [2.05, 4.69) is 19.5 Å². The summed E-state index contributed by atoms with van der Waals surface area (Å²) >= 11 is 0. The minimum Gasteiger partial charge on any atom is -0.462 e. The molecule has 0 spiro atoms. The number of ether oxygens (including phenoxy) is 1. The van der Waals surface area contributed by atoms with Crippen LogP contribution in [0.25, 0.3) is 5.53 Å². The van der Waals surface area contributed by atoms with Crippen LogP contribution in [0.1, 0.15) is 5.76 Å². The Balaban J connectivity index is 3.18. The molecular weight excluding hydrogens is 214 g/mol. The summed E-state index contributed by atoms with van der Waals surface area (Å²) in [7, 11) is 2.44. The number of nitrogens with zero attached hydrogens (tertiary/aromatic N) is 3. The smallest absolute Gasteiger partial charge is 0.431 e. The standard InChI is InChI=1S/C9H9N3O4/c1-14-9(13)8(11-10)7(12-15-2)6-4-3-5-16-6/h3-5H,1-2H3/b12-7+. The Morgan fingerprint density at radius 3 is 2.75 bits per heavy atom. The van der Waals surface area contributed by atoms with Crippen LogP contribution in [-0.4, -0.2) is 36.4 Å². The maximum atomic E-state index is 11.3. The average Bonchev–Trinajstić information content (AvgIpc) is 2.81. The zero-order chi connectivity index (χ0) is 12.0. The van der Waals surface area contributed by atoms with E-state index in [1.54, 1.807) is 6.07 Å². The Morgan fingerprint density at radius 2 is 2.31 bits per heavy atom. The van der Waals surface area contributed by atoms with Crippen LogP contribution >= 0.6 is 0 Å². The zero-order valence-corrected chi connectivity index (χ0v) is 8.71. The predicted molar refractivity (Wildman–Crippen MR) is 52.9 cm³/mol. The number of oxime groups is 1. The third kappa shape index (κ3) is 2.34. The highest BCUT2D eigenvalue weighted by Crippen LogP contribution is 2.04. The molecule has 0 fully saturated rings. The molecule has 0 saturated carbocycles. The van der Waals surface area contributed by atoms with Crippen LogP contribution in [0.2, 0.25) is 0 Å². The van der Waals surface area contributed by atoms with E-state index in [0.717, 1.165) is 7.11 Å². The van der Waals surface area contributed by atoms with Gasteiger partial charge in [-0.15, -0.1) is 0 Å². The molecule has 0 bridgehead atoms. The lowest BCUT2D eigenvalue weighted by molar-refractivity contribution is -0.136. The van der Waals surface area contributed by atoms with Crippen LogP contribution in [0.15, 0.2) is 28.0 Å². The van der Waals surface area contributed by atoms with Crippen molar-refractivity contribution in [3.05, 3.63) is 29.7 Å². The van der Waals surface area contributed by atoms with Gasteiger partial charge in [0.25, 0.3) is 0 Å². The Hall–Kier alpha value is -2.40. The van der Waals surface area contributed by atoms with E-state index in [0.29, 0.717) is 0 Å². The van der Waals surface area contributed by atoms with E-state index in [9.17, 15) is 4.79 Å². The van der Waals surface area contributed by atoms with Crippen molar-refractivity contribution in [3.63, 3.8) is 0 Å². The topological polar surface area (TPSA) is 97.4 Å². The lowest BCUT2D eigenvalue weighted by Gasteiger charge is -1.96. The third-order valence-electron chi connectivity index (χ3n) is 1.64. The molecule has 7 heteroatoms.